The number of carbonyl (C=O) groups is 1. The van der Waals surface area contributed by atoms with Crippen molar-refractivity contribution in [1.82, 2.24) is 15.2 Å². The van der Waals surface area contributed by atoms with Crippen LogP contribution in [0.5, 0.6) is 5.88 Å². The molecule has 7 nitrogen and oxygen atoms in total. The van der Waals surface area contributed by atoms with Crippen LogP contribution in [0.4, 0.5) is 0 Å². The van der Waals surface area contributed by atoms with Gasteiger partial charge in [-0.3, -0.25) is 4.79 Å². The van der Waals surface area contributed by atoms with Crippen LogP contribution in [0.1, 0.15) is 45.1 Å². The number of carbonyl (C=O) groups excluding carboxylic acids is 1. The van der Waals surface area contributed by atoms with E-state index in [2.05, 4.69) is 22.1 Å². The molecule has 154 valence electrons. The van der Waals surface area contributed by atoms with E-state index in [1.165, 1.54) is 12.8 Å². The fraction of sp³-hybridized carbons (Fsp3) is 0.667. The van der Waals surface area contributed by atoms with Gasteiger partial charge in [0.25, 0.3) is 0 Å². The number of esters is 1. The lowest BCUT2D eigenvalue weighted by molar-refractivity contribution is -0.149. The largest absolute Gasteiger partial charge is 0.477 e. The fourth-order valence-electron chi connectivity index (χ4n) is 3.26. The lowest BCUT2D eigenvalue weighted by Crippen LogP contribution is -2.46. The van der Waals surface area contributed by atoms with Crippen LogP contribution in [0.15, 0.2) is 23.3 Å². The summed E-state index contributed by atoms with van der Waals surface area (Å²) in [6, 6.07) is 3.94. The molecule has 0 radical (unpaired) electrons. The van der Waals surface area contributed by atoms with E-state index in [1.807, 2.05) is 25.3 Å². The molecule has 0 aromatic carbocycles. The summed E-state index contributed by atoms with van der Waals surface area (Å²) >= 11 is 0. The lowest BCUT2D eigenvalue weighted by atomic mass is 9.97. The number of aliphatic imine (C=N–C) groups is 1. The van der Waals surface area contributed by atoms with E-state index in [4.69, 9.17) is 14.5 Å². The highest BCUT2D eigenvalue weighted by atomic mass is 16.5. The zero-order valence-corrected chi connectivity index (χ0v) is 17.0. The molecule has 2 heterocycles. The van der Waals surface area contributed by atoms with Gasteiger partial charge in [-0.2, -0.15) is 0 Å². The summed E-state index contributed by atoms with van der Waals surface area (Å²) in [6.45, 7) is 8.12. The van der Waals surface area contributed by atoms with E-state index in [-0.39, 0.29) is 11.9 Å². The third kappa shape index (κ3) is 6.11. The predicted octanol–water partition coefficient (Wildman–Crippen LogP) is 2.61. The number of hydrogen-bond acceptors (Lipinski definition) is 5. The first-order chi connectivity index (χ1) is 13.7. The first-order valence-electron chi connectivity index (χ1n) is 10.5. The Kier molecular flexibility index (Phi) is 7.51. The van der Waals surface area contributed by atoms with Crippen LogP contribution in [0.3, 0.4) is 0 Å². The second-order valence-corrected chi connectivity index (χ2v) is 7.44. The minimum Gasteiger partial charge on any atom is -0.477 e. The van der Waals surface area contributed by atoms with E-state index in [9.17, 15) is 4.79 Å². The molecule has 2 aliphatic rings. The molecule has 0 spiro atoms. The van der Waals surface area contributed by atoms with Gasteiger partial charge in [0.15, 0.2) is 5.96 Å². The Morgan fingerprint density at radius 2 is 2.04 bits per heavy atom. The average molecular weight is 389 g/mol. The highest BCUT2D eigenvalue weighted by Gasteiger charge is 2.27. The van der Waals surface area contributed by atoms with E-state index in [0.29, 0.717) is 19.0 Å². The van der Waals surface area contributed by atoms with Crippen molar-refractivity contribution in [3.63, 3.8) is 0 Å². The number of nitrogens with zero attached hydrogens (tertiary/aromatic N) is 3. The summed E-state index contributed by atoms with van der Waals surface area (Å²) in [5, 5.41) is 3.36. The van der Waals surface area contributed by atoms with Crippen molar-refractivity contribution in [3.8, 4) is 5.88 Å². The third-order valence-electron chi connectivity index (χ3n) is 5.12. The summed E-state index contributed by atoms with van der Waals surface area (Å²) in [7, 11) is 0. The Morgan fingerprint density at radius 1 is 1.25 bits per heavy atom. The molecule has 0 atom stereocenters. The summed E-state index contributed by atoms with van der Waals surface area (Å²) in [5.41, 5.74) is 1.05. The van der Waals surface area contributed by atoms with Crippen LogP contribution >= 0.6 is 0 Å². The number of guanidine groups is 1. The Hall–Kier alpha value is -2.31. The summed E-state index contributed by atoms with van der Waals surface area (Å²) in [4.78, 5) is 23.3. The SMILES string of the molecule is CCNC(=NCc1ccc(OCC2CC2)nc1)N1CCC(C(=O)OCC)CC1. The van der Waals surface area contributed by atoms with Gasteiger partial charge in [0.2, 0.25) is 5.88 Å². The standard InChI is InChI=1S/C21H32N4O3/c1-3-22-21(25-11-9-18(10-12-25)20(26)27-4-2)24-14-17-7-8-19(23-13-17)28-15-16-5-6-16/h7-8,13,16,18H,3-6,9-12,14-15H2,1-2H3,(H,22,24). The van der Waals surface area contributed by atoms with E-state index >= 15 is 0 Å². The number of ether oxygens (including phenoxy) is 2. The van der Waals surface area contributed by atoms with Crippen LogP contribution in [0.25, 0.3) is 0 Å². The number of rotatable bonds is 8. The molecule has 1 saturated carbocycles. The third-order valence-corrected chi connectivity index (χ3v) is 5.12. The molecule has 1 aliphatic heterocycles. The lowest BCUT2D eigenvalue weighted by Gasteiger charge is -2.33. The number of likely N-dealkylation sites (tertiary alicyclic amines) is 1. The minimum absolute atomic E-state index is 0.00598. The topological polar surface area (TPSA) is 76.1 Å². The number of piperidine rings is 1. The van der Waals surface area contributed by atoms with Gasteiger partial charge in [0.05, 0.1) is 25.7 Å². The molecule has 1 saturated heterocycles. The van der Waals surface area contributed by atoms with E-state index < -0.39 is 0 Å². The minimum atomic E-state index is -0.0702. The van der Waals surface area contributed by atoms with Gasteiger partial charge in [-0.25, -0.2) is 9.98 Å². The van der Waals surface area contributed by atoms with Gasteiger partial charge in [-0.15, -0.1) is 0 Å². The molecule has 2 fully saturated rings. The van der Waals surface area contributed by atoms with Crippen LogP contribution in [0, 0.1) is 11.8 Å². The number of nitrogens with one attached hydrogen (secondary N) is 1. The van der Waals surface area contributed by atoms with E-state index in [1.54, 1.807) is 0 Å². The first-order valence-corrected chi connectivity index (χ1v) is 10.5. The molecule has 3 rings (SSSR count). The van der Waals surface area contributed by atoms with Gasteiger partial charge in [0.1, 0.15) is 0 Å². The highest BCUT2D eigenvalue weighted by molar-refractivity contribution is 5.80. The van der Waals surface area contributed by atoms with Gasteiger partial charge >= 0.3 is 5.97 Å². The molecule has 1 N–H and O–H groups in total. The summed E-state index contributed by atoms with van der Waals surface area (Å²) in [5.74, 6) is 2.23. The first kappa shape index (κ1) is 20.4. The maximum absolute atomic E-state index is 11.9. The Labute approximate surface area is 167 Å². The average Bonchev–Trinajstić information content (AvgIpc) is 3.55. The van der Waals surface area contributed by atoms with Crippen molar-refractivity contribution in [1.29, 1.82) is 0 Å². The van der Waals surface area contributed by atoms with Crippen molar-refractivity contribution in [2.75, 3.05) is 32.8 Å². The number of pyridine rings is 1. The zero-order chi connectivity index (χ0) is 19.8. The van der Waals surface area contributed by atoms with Crippen LogP contribution in [-0.2, 0) is 16.1 Å². The predicted molar refractivity (Wildman–Crippen MR) is 108 cm³/mol. The maximum atomic E-state index is 11.9. The maximum Gasteiger partial charge on any atom is 0.309 e. The number of aromatic nitrogens is 1. The van der Waals surface area contributed by atoms with Crippen LogP contribution in [-0.4, -0.2) is 54.7 Å². The molecule has 1 aliphatic carbocycles. The van der Waals surface area contributed by atoms with Crippen molar-refractivity contribution in [2.45, 2.75) is 46.1 Å². The van der Waals surface area contributed by atoms with Crippen molar-refractivity contribution < 1.29 is 14.3 Å². The second-order valence-electron chi connectivity index (χ2n) is 7.44. The molecule has 28 heavy (non-hydrogen) atoms. The molecular weight excluding hydrogens is 356 g/mol. The highest BCUT2D eigenvalue weighted by Crippen LogP contribution is 2.29. The van der Waals surface area contributed by atoms with Gasteiger partial charge in [-0.05, 0) is 51.0 Å². The van der Waals surface area contributed by atoms with Gasteiger partial charge in [-0.1, -0.05) is 6.07 Å². The normalized spacial score (nSPS) is 18.1. The molecule has 1 aromatic rings. The van der Waals surface area contributed by atoms with Crippen LogP contribution in [0.2, 0.25) is 0 Å². The Balaban J connectivity index is 1.51. The molecular formula is C21H32N4O3. The quantitative estimate of drug-likeness (QED) is 0.419. The molecule has 7 heteroatoms. The van der Waals surface area contributed by atoms with Crippen molar-refractivity contribution >= 4 is 11.9 Å². The smallest absolute Gasteiger partial charge is 0.309 e. The van der Waals surface area contributed by atoms with Crippen LogP contribution < -0.4 is 10.1 Å². The molecule has 0 bridgehead atoms. The molecule has 0 unspecified atom stereocenters. The van der Waals surface area contributed by atoms with E-state index in [0.717, 1.165) is 56.5 Å². The zero-order valence-electron chi connectivity index (χ0n) is 17.0. The molecule has 1 aromatic heterocycles. The van der Waals surface area contributed by atoms with Crippen molar-refractivity contribution in [3.05, 3.63) is 23.9 Å². The second kappa shape index (κ2) is 10.3. The summed E-state index contributed by atoms with van der Waals surface area (Å²) in [6.07, 6.45) is 5.99. The van der Waals surface area contributed by atoms with Crippen molar-refractivity contribution in [2.24, 2.45) is 16.8 Å². The number of hydrogen-bond donors (Lipinski definition) is 1. The van der Waals surface area contributed by atoms with Gasteiger partial charge < -0.3 is 19.7 Å². The Bertz CT molecular complexity index is 650. The Morgan fingerprint density at radius 3 is 2.64 bits per heavy atom. The fourth-order valence-corrected chi connectivity index (χ4v) is 3.26. The van der Waals surface area contributed by atoms with Gasteiger partial charge in [0, 0.05) is 31.9 Å². The molecule has 0 amide bonds. The monoisotopic (exact) mass is 388 g/mol. The summed E-state index contributed by atoms with van der Waals surface area (Å²) < 4.78 is 10.8.